The summed E-state index contributed by atoms with van der Waals surface area (Å²) in [6, 6.07) is 11.5. The van der Waals surface area contributed by atoms with Crippen molar-refractivity contribution >= 4 is 55.0 Å². The summed E-state index contributed by atoms with van der Waals surface area (Å²) in [5.41, 5.74) is 2.68. The first-order valence-corrected chi connectivity index (χ1v) is 14.4. The number of Topliss-reactive ketones (excluding diaryl/α,β-unsaturated/α-hetero) is 2. The maximum atomic E-state index is 13.5. The quantitative estimate of drug-likeness (QED) is 0.333. The van der Waals surface area contributed by atoms with E-state index in [4.69, 9.17) is 21.1 Å². The number of hydrogen-bond acceptors (Lipinski definition) is 4. The highest BCUT2D eigenvalue weighted by Crippen LogP contribution is 2.54. The van der Waals surface area contributed by atoms with E-state index in [2.05, 4.69) is 59.6 Å². The molecule has 0 spiro atoms. The van der Waals surface area contributed by atoms with Crippen LogP contribution < -0.4 is 4.74 Å². The summed E-state index contributed by atoms with van der Waals surface area (Å²) in [5.74, 6) is 1.71. The van der Waals surface area contributed by atoms with Gasteiger partial charge < -0.3 is 9.47 Å². The van der Waals surface area contributed by atoms with Crippen LogP contribution in [0.4, 0.5) is 0 Å². The molecule has 4 nitrogen and oxygen atoms in total. The lowest BCUT2D eigenvalue weighted by Crippen LogP contribution is -2.37. The highest BCUT2D eigenvalue weighted by atomic mass is 79.9. The van der Waals surface area contributed by atoms with Crippen molar-refractivity contribution in [3.63, 3.8) is 0 Å². The van der Waals surface area contributed by atoms with Crippen molar-refractivity contribution in [3.8, 4) is 5.75 Å². The molecule has 2 aromatic rings. The lowest BCUT2D eigenvalue weighted by Gasteiger charge is -2.42. The first kappa shape index (κ1) is 26.7. The fourth-order valence-electron chi connectivity index (χ4n) is 5.67. The Hall–Kier alpha value is -1.89. The van der Waals surface area contributed by atoms with E-state index in [1.807, 2.05) is 36.4 Å². The van der Waals surface area contributed by atoms with E-state index in [0.717, 1.165) is 20.1 Å². The molecule has 0 bridgehead atoms. The number of ketones is 2. The number of ether oxygens (including phenoxy) is 2. The van der Waals surface area contributed by atoms with Gasteiger partial charge in [0.25, 0.3) is 0 Å². The Morgan fingerprint density at radius 1 is 0.892 bits per heavy atom. The van der Waals surface area contributed by atoms with Crippen LogP contribution in [0.25, 0.3) is 0 Å². The van der Waals surface area contributed by atoms with Crippen LogP contribution in [0.15, 0.2) is 68.0 Å². The average molecular weight is 649 g/mol. The molecule has 0 fully saturated rings. The molecule has 7 heteroatoms. The fraction of sp³-hybridized carbons (Fsp3) is 0.400. The van der Waals surface area contributed by atoms with Crippen molar-refractivity contribution < 1.29 is 19.1 Å². The van der Waals surface area contributed by atoms with Crippen molar-refractivity contribution in [2.75, 3.05) is 0 Å². The zero-order chi connectivity index (χ0) is 26.7. The van der Waals surface area contributed by atoms with Gasteiger partial charge in [-0.05, 0) is 78.1 Å². The van der Waals surface area contributed by atoms with Crippen molar-refractivity contribution in [1.82, 2.24) is 0 Å². The molecule has 0 atom stereocenters. The van der Waals surface area contributed by atoms with Gasteiger partial charge in [-0.1, -0.05) is 51.4 Å². The monoisotopic (exact) mass is 646 g/mol. The van der Waals surface area contributed by atoms with Crippen molar-refractivity contribution in [1.29, 1.82) is 0 Å². The molecule has 194 valence electrons. The molecule has 5 rings (SSSR count). The van der Waals surface area contributed by atoms with E-state index in [1.54, 1.807) is 0 Å². The predicted molar refractivity (Wildman–Crippen MR) is 152 cm³/mol. The second kappa shape index (κ2) is 9.69. The molecule has 0 amide bonds. The van der Waals surface area contributed by atoms with Gasteiger partial charge in [-0.3, -0.25) is 9.59 Å². The predicted octanol–water partition coefficient (Wildman–Crippen LogP) is 8.84. The largest absolute Gasteiger partial charge is 0.487 e. The smallest absolute Gasteiger partial charge is 0.163 e. The number of rotatable bonds is 4. The Labute approximate surface area is 239 Å². The second-order valence-electron chi connectivity index (χ2n) is 11.8. The summed E-state index contributed by atoms with van der Waals surface area (Å²) in [5, 5.41) is 0.655. The number of benzene rings is 2. The number of halogens is 3. The van der Waals surface area contributed by atoms with E-state index < -0.39 is 5.92 Å². The first-order chi connectivity index (χ1) is 17.3. The van der Waals surface area contributed by atoms with Gasteiger partial charge in [0, 0.05) is 47.8 Å². The summed E-state index contributed by atoms with van der Waals surface area (Å²) in [6.45, 7) is 8.71. The van der Waals surface area contributed by atoms with Crippen LogP contribution in [0.5, 0.6) is 5.75 Å². The van der Waals surface area contributed by atoms with Gasteiger partial charge in [-0.25, -0.2) is 0 Å². The summed E-state index contributed by atoms with van der Waals surface area (Å²) in [4.78, 5) is 27.1. The third-order valence-corrected chi connectivity index (χ3v) is 8.62. The third kappa shape index (κ3) is 5.35. The van der Waals surface area contributed by atoms with E-state index in [-0.39, 0.29) is 22.4 Å². The van der Waals surface area contributed by atoms with Gasteiger partial charge in [0.2, 0.25) is 0 Å². The van der Waals surface area contributed by atoms with E-state index in [0.29, 0.717) is 65.7 Å². The van der Waals surface area contributed by atoms with Crippen LogP contribution in [0.2, 0.25) is 5.02 Å². The maximum Gasteiger partial charge on any atom is 0.163 e. The Morgan fingerprint density at radius 2 is 1.43 bits per heavy atom. The molecule has 2 aliphatic carbocycles. The molecular weight excluding hydrogens is 620 g/mol. The highest BCUT2D eigenvalue weighted by Gasteiger charge is 2.48. The van der Waals surface area contributed by atoms with Crippen LogP contribution in [0.1, 0.15) is 70.4 Å². The molecule has 0 saturated heterocycles. The number of allylic oxidation sites excluding steroid dienone is 4. The minimum atomic E-state index is -0.458. The SMILES string of the molecule is CC1(C)CC(=O)C2=C(C1)OC1=C(C(=O)CC(C)(C)C1)C2c1cc(Br)c(OCc2cccc(Cl)c2)c(Br)c1. The minimum Gasteiger partial charge on any atom is -0.487 e. The Kier molecular flexibility index (Phi) is 7.00. The highest BCUT2D eigenvalue weighted by molar-refractivity contribution is 9.11. The van der Waals surface area contributed by atoms with Gasteiger partial charge in [-0.2, -0.15) is 0 Å². The van der Waals surface area contributed by atoms with E-state index >= 15 is 0 Å². The lowest BCUT2D eigenvalue weighted by atomic mass is 9.65. The number of carbonyl (C=O) groups is 2. The van der Waals surface area contributed by atoms with Gasteiger partial charge >= 0.3 is 0 Å². The summed E-state index contributed by atoms with van der Waals surface area (Å²) in [7, 11) is 0. The first-order valence-electron chi connectivity index (χ1n) is 12.4. The second-order valence-corrected chi connectivity index (χ2v) is 14.0. The zero-order valence-electron chi connectivity index (χ0n) is 21.3. The molecule has 3 aliphatic rings. The summed E-state index contributed by atoms with van der Waals surface area (Å²) < 4.78 is 14.0. The summed E-state index contributed by atoms with van der Waals surface area (Å²) >= 11 is 13.5. The average Bonchev–Trinajstić information content (AvgIpc) is 2.75. The van der Waals surface area contributed by atoms with Gasteiger partial charge in [-0.15, -0.1) is 0 Å². The maximum absolute atomic E-state index is 13.5. The molecule has 0 unspecified atom stereocenters. The van der Waals surface area contributed by atoms with Crippen LogP contribution in [0, 0.1) is 10.8 Å². The third-order valence-electron chi connectivity index (χ3n) is 7.21. The topological polar surface area (TPSA) is 52.6 Å². The molecule has 0 N–H and O–H groups in total. The van der Waals surface area contributed by atoms with Crippen molar-refractivity contribution in [2.45, 2.75) is 65.9 Å². The van der Waals surface area contributed by atoms with Crippen molar-refractivity contribution in [3.05, 3.63) is 84.2 Å². The van der Waals surface area contributed by atoms with Gasteiger partial charge in [0.05, 0.1) is 8.95 Å². The Balaban J connectivity index is 1.57. The van der Waals surface area contributed by atoms with Gasteiger partial charge in [0.15, 0.2) is 11.6 Å². The Morgan fingerprint density at radius 3 is 1.95 bits per heavy atom. The molecule has 2 aromatic carbocycles. The number of carbonyl (C=O) groups excluding carboxylic acids is 2. The molecule has 0 saturated carbocycles. The van der Waals surface area contributed by atoms with Crippen LogP contribution in [-0.2, 0) is 20.9 Å². The molecule has 1 heterocycles. The van der Waals surface area contributed by atoms with Gasteiger partial charge in [0.1, 0.15) is 23.9 Å². The lowest BCUT2D eigenvalue weighted by molar-refractivity contribution is -0.120. The van der Waals surface area contributed by atoms with Crippen molar-refractivity contribution in [2.24, 2.45) is 10.8 Å². The molecular formula is C30H29Br2ClO4. The van der Waals surface area contributed by atoms with Crippen LogP contribution in [0.3, 0.4) is 0 Å². The molecule has 1 aliphatic heterocycles. The standard InChI is InChI=1S/C30H29Br2ClO4/c1-29(2)11-21(34)26-23(13-29)37-24-14-30(3,4)12-22(35)27(24)25(26)17-9-19(31)28(20(32)10-17)36-15-16-6-5-7-18(33)8-16/h5-10,25H,11-15H2,1-4H3. The molecule has 37 heavy (non-hydrogen) atoms. The zero-order valence-corrected chi connectivity index (χ0v) is 25.3. The Bertz CT molecular complexity index is 1310. The number of hydrogen-bond donors (Lipinski definition) is 0. The fourth-order valence-corrected chi connectivity index (χ4v) is 7.34. The van der Waals surface area contributed by atoms with E-state index in [9.17, 15) is 9.59 Å². The molecule has 0 aromatic heterocycles. The van der Waals surface area contributed by atoms with Crippen LogP contribution in [-0.4, -0.2) is 11.6 Å². The molecule has 0 radical (unpaired) electrons. The minimum absolute atomic E-state index is 0.0500. The van der Waals surface area contributed by atoms with Crippen LogP contribution >= 0.6 is 43.5 Å². The normalized spacial score (nSPS) is 20.9. The summed E-state index contributed by atoms with van der Waals surface area (Å²) in [6.07, 6.45) is 2.19. The van der Waals surface area contributed by atoms with E-state index in [1.165, 1.54) is 0 Å².